The Bertz CT molecular complexity index is 4370. The first kappa shape index (κ1) is 66.5. The van der Waals surface area contributed by atoms with E-state index < -0.39 is 99.8 Å². The summed E-state index contributed by atoms with van der Waals surface area (Å²) in [6.07, 6.45) is -0.938. The molecular weight excluding hydrogens is 1410 g/mol. The van der Waals surface area contributed by atoms with Crippen LogP contribution in [0.4, 0.5) is 13.2 Å². The van der Waals surface area contributed by atoms with Gasteiger partial charge in [-0.25, -0.2) is 0 Å². The van der Waals surface area contributed by atoms with Crippen molar-refractivity contribution in [3.63, 3.8) is 0 Å². The number of halogens is 3. The van der Waals surface area contributed by atoms with Crippen molar-refractivity contribution in [3.05, 3.63) is 325 Å². The Labute approximate surface area is 570 Å². The highest BCUT2D eigenvalue weighted by molar-refractivity contribution is 7.10. The van der Waals surface area contributed by atoms with Crippen LogP contribution < -0.4 is 41.5 Å². The molecule has 0 radical (unpaired) electrons. The second-order valence-electron chi connectivity index (χ2n) is 23.5. The third-order valence-electron chi connectivity index (χ3n) is 16.5. The Hall–Kier alpha value is -6.70. The van der Waals surface area contributed by atoms with Crippen LogP contribution in [-0.2, 0) is 63.8 Å². The SMILES string of the molecule is Cc1ccc(/C=C/[Si]2(C)O[Si]3(c4ccccc4)O[SiH](c4ccccc4)O[Si]4(c5ccccc5)O[Si]5(c6ccccc6)O[Si](C)(/C=C/c6ccc(C(F)(F)F)cc6)O[Si](O[SiH3])(c6ccccc6)O[Si@](c6ccccc6)(O3)O[Si@@](c3ccccc3)(O5)O[Si](c3ccccc3)(O2)O4)cc1. The lowest BCUT2D eigenvalue weighted by atomic mass is 10.1. The van der Waals surface area contributed by atoms with Gasteiger partial charge in [0.25, 0.3) is 0 Å². The van der Waals surface area contributed by atoms with E-state index in [-0.39, 0.29) is 10.5 Å². The van der Waals surface area contributed by atoms with Gasteiger partial charge in [0, 0.05) is 36.3 Å². The molecule has 14 nitrogen and oxygen atoms in total. The van der Waals surface area contributed by atoms with Crippen LogP contribution in [0.1, 0.15) is 22.3 Å². The van der Waals surface area contributed by atoms with Crippen LogP contribution in [0.25, 0.3) is 12.2 Å². The molecule has 4 fully saturated rings. The van der Waals surface area contributed by atoms with Crippen LogP contribution in [0.2, 0.25) is 13.1 Å². The van der Waals surface area contributed by atoms with E-state index in [9.17, 15) is 13.2 Å². The Morgan fingerprint density at radius 1 is 0.333 bits per heavy atom. The summed E-state index contributed by atoms with van der Waals surface area (Å²) in [6.45, 7) is 5.79. The van der Waals surface area contributed by atoms with Crippen molar-refractivity contribution in [1.82, 2.24) is 0 Å². The zero-order valence-electron chi connectivity index (χ0n) is 52.4. The molecule has 8 unspecified atom stereocenters. The van der Waals surface area contributed by atoms with Crippen molar-refractivity contribution >= 4 is 152 Å². The summed E-state index contributed by atoms with van der Waals surface area (Å²) in [5, 5.41) is 3.72. The maximum absolute atomic E-state index is 14.3. The van der Waals surface area contributed by atoms with Crippen molar-refractivity contribution < 1.29 is 70.8 Å². The molecule has 4 aliphatic heterocycles. The highest BCUT2D eigenvalue weighted by Crippen LogP contribution is 2.44. The Morgan fingerprint density at radius 2 is 0.615 bits per heavy atom. The molecule has 0 aliphatic carbocycles. The summed E-state index contributed by atoms with van der Waals surface area (Å²) in [5.41, 5.74) is 5.21. The predicted molar refractivity (Wildman–Crippen MR) is 385 cm³/mol. The average molecular weight is 1470 g/mol. The van der Waals surface area contributed by atoms with Gasteiger partial charge in [0.15, 0.2) is 0 Å². The molecule has 6 bridgehead atoms. The fraction of sp³-hybridized carbons (Fsp3) is 0.0588. The summed E-state index contributed by atoms with van der Waals surface area (Å²) in [7, 11) is -49.4. The summed E-state index contributed by atoms with van der Waals surface area (Å²) in [4.78, 5) is 0. The molecule has 0 spiro atoms. The van der Waals surface area contributed by atoms with Gasteiger partial charge >= 0.3 is 94.2 Å². The van der Waals surface area contributed by atoms with Crippen molar-refractivity contribution in [2.45, 2.75) is 26.2 Å². The molecule has 0 saturated carbocycles. The van der Waals surface area contributed by atoms with Crippen molar-refractivity contribution in [3.8, 4) is 0 Å². The maximum atomic E-state index is 14.3. The van der Waals surface area contributed by atoms with E-state index >= 15 is 0 Å². The molecule has 486 valence electrons. The summed E-state index contributed by atoms with van der Waals surface area (Å²) >= 11 is 0. The zero-order chi connectivity index (χ0) is 66.2. The molecular formula is C68H65F3O14Si11. The summed E-state index contributed by atoms with van der Waals surface area (Å²) in [5.74, 6) is 0. The van der Waals surface area contributed by atoms with E-state index in [1.165, 1.54) is 12.1 Å². The highest BCUT2D eigenvalue weighted by atomic mass is 28.6. The van der Waals surface area contributed by atoms with Gasteiger partial charge < -0.3 is 57.6 Å². The van der Waals surface area contributed by atoms with E-state index in [0.29, 0.717) is 47.1 Å². The molecule has 0 N–H and O–H groups in total. The van der Waals surface area contributed by atoms with Gasteiger partial charge in [-0.05, 0) is 59.9 Å². The van der Waals surface area contributed by atoms with Crippen molar-refractivity contribution in [2.75, 3.05) is 0 Å². The average Bonchev–Trinajstić information content (AvgIpc) is 0.690. The van der Waals surface area contributed by atoms with E-state index in [2.05, 4.69) is 0 Å². The second kappa shape index (κ2) is 26.9. The maximum Gasteiger partial charge on any atom is 0.515 e. The molecule has 14 rings (SSSR count). The fourth-order valence-electron chi connectivity index (χ4n) is 11.8. The van der Waals surface area contributed by atoms with E-state index in [1.807, 2.05) is 299 Å². The van der Waals surface area contributed by atoms with Gasteiger partial charge in [-0.15, -0.1) is 0 Å². The lowest BCUT2D eigenvalue weighted by Gasteiger charge is -2.57. The topological polar surface area (TPSA) is 129 Å². The summed E-state index contributed by atoms with van der Waals surface area (Å²) < 4.78 is 160. The van der Waals surface area contributed by atoms with Crippen LogP contribution in [-0.4, -0.2) is 98.5 Å². The van der Waals surface area contributed by atoms with E-state index in [4.69, 9.17) is 57.6 Å². The van der Waals surface area contributed by atoms with Gasteiger partial charge in [0.1, 0.15) is 10.5 Å². The van der Waals surface area contributed by atoms with Gasteiger partial charge in [0.05, 0.1) is 5.56 Å². The van der Waals surface area contributed by atoms with Gasteiger partial charge in [-0.3, -0.25) is 0 Å². The number of hydrogen-bond acceptors (Lipinski definition) is 14. The number of hydrogen-bond donors (Lipinski definition) is 0. The van der Waals surface area contributed by atoms with Gasteiger partial charge in [-0.2, -0.15) is 13.2 Å². The minimum Gasteiger partial charge on any atom is -0.422 e. The van der Waals surface area contributed by atoms with Crippen LogP contribution >= 0.6 is 0 Å². The molecule has 4 heterocycles. The molecule has 10 aromatic rings. The number of fused-ring (bicyclic) bond motifs is 6. The first-order valence-corrected chi connectivity index (χ1v) is 50.3. The van der Waals surface area contributed by atoms with Crippen LogP contribution in [0, 0.1) is 6.92 Å². The van der Waals surface area contributed by atoms with E-state index in [1.54, 1.807) is 11.8 Å². The normalized spacial score (nSPS) is 30.2. The monoisotopic (exact) mass is 1470 g/mol. The number of rotatable bonds is 13. The molecule has 10 aromatic carbocycles. The third-order valence-corrected chi connectivity index (χ3v) is 58.4. The molecule has 0 amide bonds. The highest BCUT2D eigenvalue weighted by Gasteiger charge is 2.79. The van der Waals surface area contributed by atoms with Gasteiger partial charge in [0.2, 0.25) is 0 Å². The summed E-state index contributed by atoms with van der Waals surface area (Å²) in [6, 6.07) is 88.6. The first-order valence-electron chi connectivity index (χ1n) is 31.1. The Kier molecular flexibility index (Phi) is 18.6. The number of alkyl halides is 3. The predicted octanol–water partition coefficient (Wildman–Crippen LogP) is 7.58. The first-order chi connectivity index (χ1) is 46.4. The Balaban J connectivity index is 1.21. The molecule has 28 heteroatoms. The standard InChI is InChI=1S/C68H65F3O14Si11/c1-56-44-46-57(47-45-56)52-55-89(3)76-91(62-32-16-6-17-33-62)73-87(60-28-12-4-13-29-60)74-92(63-34-18-7-19-35-63)81-93(64-36-20-8-21-37-64)77-88(2,54-53-58-48-50-59(51-49-58)68(69,70)71)75-90(72-86,61-30-14-5-15-31-61)79-95(80-91,66-40-24-10-25-41-66)85-96(83-93,67-42-26-11-27-43-67)84-94(78-89,82-92)65-38-22-9-23-39-65/h4-55,87H,1-3,86H3/b54-53+,55-52+/t87?,88?,89?,90?,91?,92?,93?,94?,95-,96+/m1/s1. The van der Waals surface area contributed by atoms with E-state index in [0.717, 1.165) is 23.3 Å². The van der Waals surface area contributed by atoms with Crippen molar-refractivity contribution in [2.24, 2.45) is 0 Å². The lowest BCUT2D eigenvalue weighted by Crippen LogP contribution is -2.89. The molecule has 4 aliphatic rings. The smallest absolute Gasteiger partial charge is 0.422 e. The lowest BCUT2D eigenvalue weighted by molar-refractivity contribution is -0.137. The van der Waals surface area contributed by atoms with Gasteiger partial charge in [-0.1, -0.05) is 297 Å². The van der Waals surface area contributed by atoms with Crippen LogP contribution in [0.15, 0.2) is 303 Å². The molecule has 10 atom stereocenters. The molecule has 4 saturated heterocycles. The third kappa shape index (κ3) is 13.4. The minimum absolute atomic E-state index is 0.0342. The largest absolute Gasteiger partial charge is 0.515 e. The molecule has 0 aromatic heterocycles. The number of aryl methyl sites for hydroxylation is 1. The van der Waals surface area contributed by atoms with Crippen molar-refractivity contribution in [1.29, 1.82) is 0 Å². The Morgan fingerprint density at radius 3 is 0.979 bits per heavy atom. The molecule has 96 heavy (non-hydrogen) atoms. The fourth-order valence-corrected chi connectivity index (χ4v) is 65.4. The van der Waals surface area contributed by atoms with Crippen LogP contribution in [0.5, 0.6) is 0 Å². The zero-order valence-corrected chi connectivity index (χ0v) is 64.6. The second-order valence-corrected chi connectivity index (χ2v) is 53.9. The number of benzene rings is 10. The minimum atomic E-state index is -5.43. The quantitative estimate of drug-likeness (QED) is 0.105. The van der Waals surface area contributed by atoms with Crippen LogP contribution in [0.3, 0.4) is 0 Å².